The molecule has 0 aliphatic heterocycles. The van der Waals surface area contributed by atoms with Gasteiger partial charge in [0.05, 0.1) is 9.75 Å². The van der Waals surface area contributed by atoms with E-state index in [0.717, 1.165) is 76.4 Å². The maximum atomic E-state index is 6.03. The van der Waals surface area contributed by atoms with Crippen molar-refractivity contribution in [2.24, 2.45) is 0 Å². The van der Waals surface area contributed by atoms with E-state index in [1.54, 1.807) is 11.3 Å². The zero-order valence-electron chi connectivity index (χ0n) is 35.8. The fraction of sp³-hybridized carbons (Fsp3) is 0.148. The van der Waals surface area contributed by atoms with E-state index >= 15 is 0 Å². The van der Waals surface area contributed by atoms with Gasteiger partial charge in [0.15, 0.2) is 22.3 Å². The van der Waals surface area contributed by atoms with Gasteiger partial charge in [-0.3, -0.25) is 0 Å². The molecule has 0 N–H and O–H groups in total. The Morgan fingerprint density at radius 2 is 0.746 bits per heavy atom. The van der Waals surface area contributed by atoms with E-state index in [1.165, 1.54) is 11.1 Å². The summed E-state index contributed by atoms with van der Waals surface area (Å²) in [6.45, 7) is 13.2. The van der Waals surface area contributed by atoms with Crippen LogP contribution in [-0.4, -0.2) is 19.9 Å². The van der Waals surface area contributed by atoms with Gasteiger partial charge in [-0.15, -0.1) is 11.3 Å². The molecule has 0 aliphatic carbocycles. The minimum absolute atomic E-state index is 0.0726. The second-order valence-electron chi connectivity index (χ2n) is 17.6. The van der Waals surface area contributed by atoms with Crippen molar-refractivity contribution in [2.45, 2.75) is 52.4 Å². The van der Waals surface area contributed by atoms with Gasteiger partial charge in [-0.25, -0.2) is 19.9 Å². The van der Waals surface area contributed by atoms with Crippen molar-refractivity contribution in [1.82, 2.24) is 19.9 Å². The quantitative estimate of drug-likeness (QED) is 0.152. The third-order valence-electron chi connectivity index (χ3n) is 10.9. The Morgan fingerprint density at radius 1 is 0.381 bits per heavy atom. The standard InChI is InChI=1S/C28H18N2O2.C26H26N2O2S/c1-3-7-25-23(5-1)29-27(31-25)21-15-11-19(12-16-21)9-10-20-13-17-22(18-14-20)28-30-24-6-2-4-8-26(24)32-28;1-25(2,3)15-7-9-19-17(13-15)27-23(29-19)21-11-12-22(31-21)24-28-18-14-16(26(4,5)6)8-10-20(18)30-24/h1-18H;7-14H,1-6H3/b10-9+;. The molecule has 6 aromatic carbocycles. The van der Waals surface area contributed by atoms with Crippen molar-refractivity contribution in [3.05, 3.63) is 168 Å². The Kier molecular flexibility index (Phi) is 9.99. The average Bonchev–Trinajstić information content (AvgIpc) is 4.13. The summed E-state index contributed by atoms with van der Waals surface area (Å²) in [5.41, 5.74) is 13.5. The number of benzene rings is 6. The fourth-order valence-electron chi connectivity index (χ4n) is 7.22. The van der Waals surface area contributed by atoms with Crippen molar-refractivity contribution >= 4 is 67.9 Å². The molecule has 9 heteroatoms. The fourth-order valence-corrected chi connectivity index (χ4v) is 8.08. The Labute approximate surface area is 368 Å². The first-order chi connectivity index (χ1) is 30.4. The van der Waals surface area contributed by atoms with Crippen LogP contribution in [0.3, 0.4) is 0 Å². The zero-order valence-corrected chi connectivity index (χ0v) is 36.7. The number of nitrogens with zero attached hydrogens (tertiary/aromatic N) is 4. The van der Waals surface area contributed by atoms with E-state index < -0.39 is 0 Å². The van der Waals surface area contributed by atoms with Gasteiger partial charge in [0.25, 0.3) is 0 Å². The molecule has 0 radical (unpaired) electrons. The average molecular weight is 845 g/mol. The molecule has 8 nitrogen and oxygen atoms in total. The molecule has 0 fully saturated rings. The Bertz CT molecular complexity index is 3130. The van der Waals surface area contributed by atoms with Crippen molar-refractivity contribution < 1.29 is 17.7 Å². The van der Waals surface area contributed by atoms with Crippen LogP contribution in [0.5, 0.6) is 0 Å². The number of oxazole rings is 4. The number of rotatable bonds is 6. The summed E-state index contributed by atoms with van der Waals surface area (Å²) >= 11 is 1.58. The predicted octanol–water partition coefficient (Wildman–Crippen LogP) is 15.4. The second-order valence-corrected chi connectivity index (χ2v) is 18.7. The lowest BCUT2D eigenvalue weighted by Gasteiger charge is -2.18. The van der Waals surface area contributed by atoms with E-state index in [4.69, 9.17) is 27.6 Å². The van der Waals surface area contributed by atoms with Gasteiger partial charge in [0, 0.05) is 11.1 Å². The number of thiophene rings is 1. The van der Waals surface area contributed by atoms with Crippen LogP contribution >= 0.6 is 11.3 Å². The SMILES string of the molecule is C(=C\c1ccc(-c2nc3ccccc3o2)cc1)/c1ccc(-c2nc3ccccc3o2)cc1.CC(C)(C)c1ccc2oc(-c3ccc(-c4nc5cc(C(C)(C)C)ccc5o4)s3)nc2c1. The second kappa shape index (κ2) is 15.8. The van der Waals surface area contributed by atoms with Crippen LogP contribution in [-0.2, 0) is 10.8 Å². The maximum absolute atomic E-state index is 6.03. The molecular formula is C54H44N4O4S. The van der Waals surface area contributed by atoms with E-state index in [2.05, 4.69) is 112 Å². The number of fused-ring (bicyclic) bond motifs is 4. The van der Waals surface area contributed by atoms with Crippen molar-refractivity contribution in [3.8, 4) is 44.4 Å². The highest BCUT2D eigenvalue weighted by Crippen LogP contribution is 2.38. The van der Waals surface area contributed by atoms with Crippen molar-refractivity contribution in [2.75, 3.05) is 0 Å². The molecular weight excluding hydrogens is 801 g/mol. The molecule has 11 aromatic rings. The molecule has 63 heavy (non-hydrogen) atoms. The Hall–Kier alpha value is -7.36. The van der Waals surface area contributed by atoms with Gasteiger partial charge in [0.2, 0.25) is 23.6 Å². The third kappa shape index (κ3) is 8.35. The van der Waals surface area contributed by atoms with Gasteiger partial charge in [-0.05, 0) is 118 Å². The summed E-state index contributed by atoms with van der Waals surface area (Å²) < 4.78 is 23.8. The summed E-state index contributed by atoms with van der Waals surface area (Å²) in [6, 6.07) is 48.5. The molecule has 0 atom stereocenters. The van der Waals surface area contributed by atoms with Crippen LogP contribution in [0.4, 0.5) is 0 Å². The summed E-state index contributed by atoms with van der Waals surface area (Å²) in [5, 5.41) is 0. The normalized spacial score (nSPS) is 12.2. The van der Waals surface area contributed by atoms with Gasteiger partial charge < -0.3 is 17.7 Å². The molecule has 0 bridgehead atoms. The topological polar surface area (TPSA) is 104 Å². The summed E-state index contributed by atoms with van der Waals surface area (Å²) in [4.78, 5) is 20.5. The number of aromatic nitrogens is 4. The van der Waals surface area contributed by atoms with Gasteiger partial charge in [0.1, 0.15) is 22.1 Å². The maximum Gasteiger partial charge on any atom is 0.237 e. The molecule has 11 rings (SSSR count). The highest BCUT2D eigenvalue weighted by Gasteiger charge is 2.20. The number of hydrogen-bond donors (Lipinski definition) is 0. The zero-order chi connectivity index (χ0) is 43.3. The molecule has 310 valence electrons. The molecule has 0 spiro atoms. The van der Waals surface area contributed by atoms with E-state index in [-0.39, 0.29) is 10.8 Å². The van der Waals surface area contributed by atoms with Crippen LogP contribution < -0.4 is 0 Å². The van der Waals surface area contributed by atoms with Crippen LogP contribution in [0.25, 0.3) is 101 Å². The summed E-state index contributed by atoms with van der Waals surface area (Å²) in [6.07, 6.45) is 4.18. The van der Waals surface area contributed by atoms with Crippen molar-refractivity contribution in [3.63, 3.8) is 0 Å². The lowest BCUT2D eigenvalue weighted by Crippen LogP contribution is -2.10. The van der Waals surface area contributed by atoms with E-state index in [0.29, 0.717) is 23.6 Å². The Balaban J connectivity index is 0.000000150. The molecule has 0 unspecified atom stereocenters. The molecule has 0 saturated heterocycles. The van der Waals surface area contributed by atoms with Crippen LogP contribution in [0.2, 0.25) is 0 Å². The summed E-state index contributed by atoms with van der Waals surface area (Å²) in [7, 11) is 0. The first kappa shape index (κ1) is 39.8. The largest absolute Gasteiger partial charge is 0.436 e. The molecule has 0 amide bonds. The minimum Gasteiger partial charge on any atom is -0.436 e. The van der Waals surface area contributed by atoms with E-state index in [1.807, 2.05) is 97.1 Å². The monoisotopic (exact) mass is 844 g/mol. The first-order valence-corrected chi connectivity index (χ1v) is 21.7. The van der Waals surface area contributed by atoms with Gasteiger partial charge in [-0.1, -0.05) is 114 Å². The van der Waals surface area contributed by atoms with Crippen molar-refractivity contribution in [1.29, 1.82) is 0 Å². The number of hydrogen-bond acceptors (Lipinski definition) is 9. The lowest BCUT2D eigenvalue weighted by atomic mass is 9.87. The van der Waals surface area contributed by atoms with Gasteiger partial charge >= 0.3 is 0 Å². The van der Waals surface area contributed by atoms with Crippen LogP contribution in [0, 0.1) is 0 Å². The number of para-hydroxylation sites is 4. The minimum atomic E-state index is 0.0726. The van der Waals surface area contributed by atoms with E-state index in [9.17, 15) is 0 Å². The van der Waals surface area contributed by atoms with Gasteiger partial charge in [-0.2, -0.15) is 0 Å². The highest BCUT2D eigenvalue weighted by atomic mass is 32.1. The molecule has 0 saturated carbocycles. The lowest BCUT2D eigenvalue weighted by molar-refractivity contribution is 0.589. The Morgan fingerprint density at radius 3 is 1.14 bits per heavy atom. The molecule has 5 heterocycles. The predicted molar refractivity (Wildman–Crippen MR) is 256 cm³/mol. The highest BCUT2D eigenvalue weighted by molar-refractivity contribution is 7.18. The molecule has 5 aromatic heterocycles. The first-order valence-electron chi connectivity index (χ1n) is 20.9. The third-order valence-corrected chi connectivity index (χ3v) is 12.0. The summed E-state index contributed by atoms with van der Waals surface area (Å²) in [5.74, 6) is 2.53. The van der Waals surface area contributed by atoms with Crippen LogP contribution in [0.1, 0.15) is 63.8 Å². The van der Waals surface area contributed by atoms with Crippen LogP contribution in [0.15, 0.2) is 163 Å². The smallest absolute Gasteiger partial charge is 0.237 e. The molecule has 0 aliphatic rings.